The number of rotatable bonds is 5. The normalized spacial score (nSPS) is 29.7. The molecule has 0 unspecified atom stereocenters. The molecule has 1 aliphatic heterocycles. The van der Waals surface area contributed by atoms with E-state index < -0.39 is 45.1 Å². The first-order valence-electron chi connectivity index (χ1n) is 7.80. The summed E-state index contributed by atoms with van der Waals surface area (Å²) in [6, 6.07) is 12.6. The number of hydrogen-bond donors (Lipinski definition) is 5. The molecule has 0 aliphatic carbocycles. The Balaban J connectivity index is 1.80. The molecule has 2 aromatic carbocycles. The minimum atomic E-state index is -4.79. The Morgan fingerprint density at radius 3 is 2.38 bits per heavy atom. The van der Waals surface area contributed by atoms with Crippen LogP contribution in [0.4, 0.5) is 0 Å². The van der Waals surface area contributed by atoms with Crippen LogP contribution in [0.1, 0.15) is 0 Å². The summed E-state index contributed by atoms with van der Waals surface area (Å²) >= 11 is 0. The number of fused-ring (bicyclic) bond motifs is 1. The van der Waals surface area contributed by atoms with Crippen LogP contribution in [0.3, 0.4) is 0 Å². The number of benzene rings is 2. The lowest BCUT2D eigenvalue weighted by molar-refractivity contribution is -0.276. The Bertz CT molecular complexity index is 802. The summed E-state index contributed by atoms with van der Waals surface area (Å²) in [6.45, 7) is -0.690. The monoisotopic (exact) mass is 386 g/mol. The lowest BCUT2D eigenvalue weighted by Gasteiger charge is -2.40. The van der Waals surface area contributed by atoms with Crippen molar-refractivity contribution in [2.45, 2.75) is 30.7 Å². The summed E-state index contributed by atoms with van der Waals surface area (Å²) in [6.07, 6.45) is -7.50. The molecule has 1 heterocycles. The van der Waals surface area contributed by atoms with Gasteiger partial charge in [-0.3, -0.25) is 4.52 Å². The van der Waals surface area contributed by atoms with E-state index in [4.69, 9.17) is 19.3 Å². The van der Waals surface area contributed by atoms with Crippen molar-refractivity contribution in [2.24, 2.45) is 0 Å². The van der Waals surface area contributed by atoms with Crippen molar-refractivity contribution in [1.82, 2.24) is 0 Å². The predicted octanol–water partition coefficient (Wildman–Crippen LogP) is 0.135. The third-order valence-electron chi connectivity index (χ3n) is 4.07. The number of aliphatic hydroxyl groups excluding tert-OH is 3. The minimum absolute atomic E-state index is 0.380. The topological polar surface area (TPSA) is 146 Å². The van der Waals surface area contributed by atoms with Crippen LogP contribution in [0.15, 0.2) is 42.5 Å². The molecule has 0 spiro atoms. The van der Waals surface area contributed by atoms with Gasteiger partial charge in [-0.25, -0.2) is 4.57 Å². The minimum Gasteiger partial charge on any atom is -0.461 e. The highest BCUT2D eigenvalue weighted by Gasteiger charge is 2.45. The molecule has 1 saturated heterocycles. The van der Waals surface area contributed by atoms with Gasteiger partial charge in [0.05, 0.1) is 6.61 Å². The van der Waals surface area contributed by atoms with E-state index in [1.807, 2.05) is 24.3 Å². The number of phosphoric ester groups is 1. The molecule has 3 rings (SSSR count). The van der Waals surface area contributed by atoms with Gasteiger partial charge in [0.2, 0.25) is 6.29 Å². The molecular formula is C16H19O9P. The molecule has 1 fully saturated rings. The summed E-state index contributed by atoms with van der Waals surface area (Å²) in [7, 11) is -4.79. The number of hydrogen-bond acceptors (Lipinski definition) is 7. The number of aliphatic hydroxyl groups is 3. The smallest absolute Gasteiger partial charge is 0.461 e. The van der Waals surface area contributed by atoms with Gasteiger partial charge in [-0.05, 0) is 11.5 Å². The molecule has 26 heavy (non-hydrogen) atoms. The van der Waals surface area contributed by atoms with Crippen LogP contribution in [0.5, 0.6) is 5.75 Å². The van der Waals surface area contributed by atoms with Gasteiger partial charge >= 0.3 is 7.82 Å². The fourth-order valence-corrected chi connectivity index (χ4v) is 3.09. The third kappa shape index (κ3) is 4.22. The Hall–Kier alpha value is -1.55. The molecule has 0 amide bonds. The molecule has 0 bridgehead atoms. The maximum Gasteiger partial charge on any atom is 0.469 e. The lowest BCUT2D eigenvalue weighted by Crippen LogP contribution is -2.60. The molecule has 9 nitrogen and oxygen atoms in total. The van der Waals surface area contributed by atoms with E-state index >= 15 is 0 Å². The Morgan fingerprint density at radius 2 is 1.65 bits per heavy atom. The van der Waals surface area contributed by atoms with Crippen molar-refractivity contribution in [3.8, 4) is 5.75 Å². The summed E-state index contributed by atoms with van der Waals surface area (Å²) in [5, 5.41) is 31.7. The zero-order valence-electron chi connectivity index (χ0n) is 13.5. The van der Waals surface area contributed by atoms with Crippen molar-refractivity contribution in [2.75, 3.05) is 6.61 Å². The molecular weight excluding hydrogens is 367 g/mol. The summed E-state index contributed by atoms with van der Waals surface area (Å²) in [4.78, 5) is 17.6. The summed E-state index contributed by atoms with van der Waals surface area (Å²) in [5.41, 5.74) is 0. The highest BCUT2D eigenvalue weighted by atomic mass is 31.2. The van der Waals surface area contributed by atoms with Crippen molar-refractivity contribution in [1.29, 1.82) is 0 Å². The van der Waals surface area contributed by atoms with E-state index in [1.165, 1.54) is 0 Å². The molecule has 10 heteroatoms. The molecule has 5 atom stereocenters. The van der Waals surface area contributed by atoms with Gasteiger partial charge in [0.15, 0.2) is 0 Å². The second kappa shape index (κ2) is 7.59. The maximum absolute atomic E-state index is 10.8. The van der Waals surface area contributed by atoms with Crippen molar-refractivity contribution < 1.29 is 43.7 Å². The maximum atomic E-state index is 10.8. The summed E-state index contributed by atoms with van der Waals surface area (Å²) < 4.78 is 26.2. The fourth-order valence-electron chi connectivity index (χ4n) is 2.75. The second-order valence-corrected chi connectivity index (χ2v) is 7.14. The van der Waals surface area contributed by atoms with Gasteiger partial charge in [0, 0.05) is 5.39 Å². The first-order valence-corrected chi connectivity index (χ1v) is 9.33. The molecule has 0 aromatic heterocycles. The largest absolute Gasteiger partial charge is 0.469 e. The van der Waals surface area contributed by atoms with Crippen molar-refractivity contribution in [3.05, 3.63) is 42.5 Å². The molecule has 2 aromatic rings. The Labute approximate surface area is 148 Å². The highest BCUT2D eigenvalue weighted by molar-refractivity contribution is 7.46. The van der Waals surface area contributed by atoms with Crippen LogP contribution in [0.25, 0.3) is 10.8 Å². The Morgan fingerprint density at radius 1 is 0.962 bits per heavy atom. The zero-order chi connectivity index (χ0) is 18.9. The standard InChI is InChI=1S/C16H19O9P/c17-13-12(8-23-26(20,21)22)25-16(15(19)14(13)18)24-11-7-3-5-9-4-1-2-6-10(9)11/h1-7,12-19H,8H2,(H2,20,21,22)/t12-,13+,14+,15-,16-/m1/s1. The van der Waals surface area contributed by atoms with E-state index in [-0.39, 0.29) is 0 Å². The molecule has 0 saturated carbocycles. The van der Waals surface area contributed by atoms with Crippen LogP contribution < -0.4 is 4.74 Å². The zero-order valence-corrected chi connectivity index (χ0v) is 14.3. The van der Waals surface area contributed by atoms with Crippen molar-refractivity contribution in [3.63, 3.8) is 0 Å². The predicted molar refractivity (Wildman–Crippen MR) is 89.3 cm³/mol. The fraction of sp³-hybridized carbons (Fsp3) is 0.375. The highest BCUT2D eigenvalue weighted by Crippen LogP contribution is 2.37. The van der Waals surface area contributed by atoms with Gasteiger partial charge < -0.3 is 34.6 Å². The van der Waals surface area contributed by atoms with Crippen molar-refractivity contribution >= 4 is 18.6 Å². The number of ether oxygens (including phenoxy) is 2. The van der Waals surface area contributed by atoms with E-state index in [0.717, 1.165) is 10.8 Å². The molecule has 142 valence electrons. The van der Waals surface area contributed by atoms with E-state index in [2.05, 4.69) is 4.52 Å². The van der Waals surface area contributed by atoms with Gasteiger partial charge in [-0.2, -0.15) is 0 Å². The van der Waals surface area contributed by atoms with Gasteiger partial charge in [-0.1, -0.05) is 36.4 Å². The quantitative estimate of drug-likeness (QED) is 0.453. The molecule has 5 N–H and O–H groups in total. The van der Waals surface area contributed by atoms with Gasteiger partial charge in [0.1, 0.15) is 30.2 Å². The van der Waals surface area contributed by atoms with Crippen LogP contribution >= 0.6 is 7.82 Å². The molecule has 0 radical (unpaired) electrons. The SMILES string of the molecule is O=P(O)(O)OC[C@H]1O[C@@H](Oc2cccc3ccccc23)[C@H](O)[C@@H](O)[C@H]1O. The molecule has 1 aliphatic rings. The van der Waals surface area contributed by atoms with E-state index in [0.29, 0.717) is 5.75 Å². The first-order chi connectivity index (χ1) is 12.3. The first kappa shape index (κ1) is 19.2. The number of phosphoric acid groups is 1. The second-order valence-electron chi connectivity index (χ2n) is 5.90. The van der Waals surface area contributed by atoms with Crippen LogP contribution in [-0.2, 0) is 13.8 Å². The average Bonchev–Trinajstić information content (AvgIpc) is 2.60. The average molecular weight is 386 g/mol. The van der Waals surface area contributed by atoms with Gasteiger partial charge in [-0.15, -0.1) is 0 Å². The van der Waals surface area contributed by atoms with Crippen LogP contribution in [0, 0.1) is 0 Å². The third-order valence-corrected chi connectivity index (χ3v) is 4.55. The van der Waals surface area contributed by atoms with Crippen LogP contribution in [0.2, 0.25) is 0 Å². The van der Waals surface area contributed by atoms with Crippen LogP contribution in [-0.4, -0.2) is 62.4 Å². The van der Waals surface area contributed by atoms with Gasteiger partial charge in [0.25, 0.3) is 0 Å². The van der Waals surface area contributed by atoms with E-state index in [9.17, 15) is 19.9 Å². The lowest BCUT2D eigenvalue weighted by atomic mass is 9.99. The summed E-state index contributed by atoms with van der Waals surface area (Å²) in [5.74, 6) is 0.380. The Kier molecular flexibility index (Phi) is 5.61. The van der Waals surface area contributed by atoms with E-state index in [1.54, 1.807) is 18.2 Å².